The van der Waals surface area contributed by atoms with Crippen LogP contribution < -0.4 is 5.32 Å². The number of carbonyl (C=O) groups excluding carboxylic acids is 1. The van der Waals surface area contributed by atoms with Crippen LogP contribution in [-0.4, -0.2) is 38.8 Å². The van der Waals surface area contributed by atoms with E-state index in [1.807, 2.05) is 10.3 Å². The predicted molar refractivity (Wildman–Crippen MR) is 111 cm³/mol. The van der Waals surface area contributed by atoms with E-state index in [4.69, 9.17) is 0 Å². The number of anilines is 2. The molecule has 4 rings (SSSR count). The minimum Gasteiger partial charge on any atom is -0.342 e. The normalized spacial score (nSPS) is 14.8. The molecule has 1 N–H and O–H groups in total. The van der Waals surface area contributed by atoms with Crippen LogP contribution in [-0.2, 0) is 17.6 Å². The lowest BCUT2D eigenvalue weighted by Crippen LogP contribution is -2.39. The number of thiazole rings is 1. The van der Waals surface area contributed by atoms with Crippen molar-refractivity contribution in [3.63, 3.8) is 0 Å². The largest absolute Gasteiger partial charge is 0.342 e. The highest BCUT2D eigenvalue weighted by Crippen LogP contribution is 2.23. The molecule has 0 aliphatic carbocycles. The summed E-state index contributed by atoms with van der Waals surface area (Å²) in [4.78, 5) is 27.4. The molecule has 0 radical (unpaired) electrons. The Bertz CT molecular complexity index is 891. The van der Waals surface area contributed by atoms with E-state index < -0.39 is 0 Å². The van der Waals surface area contributed by atoms with Crippen molar-refractivity contribution >= 4 is 28.3 Å². The molecule has 1 saturated heterocycles. The molecule has 1 fully saturated rings. The Balaban J connectivity index is 1.26. The van der Waals surface area contributed by atoms with E-state index in [0.29, 0.717) is 23.4 Å². The molecule has 0 saturated carbocycles. The summed E-state index contributed by atoms with van der Waals surface area (Å²) in [6.45, 7) is 1.67. The van der Waals surface area contributed by atoms with Gasteiger partial charge in [0.05, 0.1) is 12.1 Å². The predicted octanol–water partition coefficient (Wildman–Crippen LogP) is 3.70. The molecule has 1 amide bonds. The van der Waals surface area contributed by atoms with Gasteiger partial charge in [-0.3, -0.25) is 4.79 Å². The Morgan fingerprint density at radius 3 is 2.61 bits per heavy atom. The number of aromatic nitrogens is 3. The zero-order valence-corrected chi connectivity index (χ0v) is 16.4. The second kappa shape index (κ2) is 8.93. The van der Waals surface area contributed by atoms with Gasteiger partial charge in [0.1, 0.15) is 0 Å². The lowest BCUT2D eigenvalue weighted by molar-refractivity contribution is -0.131. The molecule has 0 atom stereocenters. The SMILES string of the molecule is O=C(Cc1csc(Nc2ncccn2)n1)N1CCC(Cc2ccccc2)CC1. The lowest BCUT2D eigenvalue weighted by atomic mass is 9.90. The summed E-state index contributed by atoms with van der Waals surface area (Å²) in [6.07, 6.45) is 6.93. The highest BCUT2D eigenvalue weighted by Gasteiger charge is 2.23. The van der Waals surface area contributed by atoms with Crippen molar-refractivity contribution in [2.45, 2.75) is 25.7 Å². The number of piperidine rings is 1. The average molecular weight is 394 g/mol. The van der Waals surface area contributed by atoms with Gasteiger partial charge in [-0.05, 0) is 36.8 Å². The number of hydrogen-bond acceptors (Lipinski definition) is 6. The number of benzene rings is 1. The number of nitrogens with one attached hydrogen (secondary N) is 1. The fourth-order valence-electron chi connectivity index (χ4n) is 3.51. The summed E-state index contributed by atoms with van der Waals surface area (Å²) in [7, 11) is 0. The van der Waals surface area contributed by atoms with Crippen molar-refractivity contribution in [3.05, 3.63) is 65.4 Å². The molecule has 3 heterocycles. The lowest BCUT2D eigenvalue weighted by Gasteiger charge is -2.32. The first-order valence-corrected chi connectivity index (χ1v) is 10.4. The van der Waals surface area contributed by atoms with Crippen molar-refractivity contribution in [2.24, 2.45) is 5.92 Å². The molecule has 0 bridgehead atoms. The van der Waals surface area contributed by atoms with Gasteiger partial charge >= 0.3 is 0 Å². The van der Waals surface area contributed by atoms with E-state index in [2.05, 4.69) is 50.6 Å². The van der Waals surface area contributed by atoms with Crippen LogP contribution in [0.25, 0.3) is 0 Å². The molecule has 1 aromatic carbocycles. The molecule has 7 heteroatoms. The maximum atomic E-state index is 12.6. The fourth-order valence-corrected chi connectivity index (χ4v) is 4.21. The number of nitrogens with zero attached hydrogens (tertiary/aromatic N) is 4. The van der Waals surface area contributed by atoms with Crippen LogP contribution in [0.4, 0.5) is 11.1 Å². The Labute approximate surface area is 168 Å². The summed E-state index contributed by atoms with van der Waals surface area (Å²) in [5.74, 6) is 1.33. The number of likely N-dealkylation sites (tertiary alicyclic amines) is 1. The molecular formula is C21H23N5OS. The van der Waals surface area contributed by atoms with Crippen LogP contribution in [0.3, 0.4) is 0 Å². The average Bonchev–Trinajstić information content (AvgIpc) is 3.17. The van der Waals surface area contributed by atoms with Crippen LogP contribution in [0.1, 0.15) is 24.1 Å². The topological polar surface area (TPSA) is 71.0 Å². The van der Waals surface area contributed by atoms with Crippen molar-refractivity contribution in [3.8, 4) is 0 Å². The summed E-state index contributed by atoms with van der Waals surface area (Å²) < 4.78 is 0. The first-order valence-electron chi connectivity index (χ1n) is 9.56. The van der Waals surface area contributed by atoms with E-state index in [1.54, 1.807) is 18.5 Å². The summed E-state index contributed by atoms with van der Waals surface area (Å²) in [5, 5.41) is 5.69. The second-order valence-electron chi connectivity index (χ2n) is 7.03. The summed E-state index contributed by atoms with van der Waals surface area (Å²) in [6, 6.07) is 12.4. The van der Waals surface area contributed by atoms with Crippen LogP contribution >= 0.6 is 11.3 Å². The van der Waals surface area contributed by atoms with Gasteiger partial charge in [0.15, 0.2) is 5.13 Å². The number of carbonyl (C=O) groups is 1. The van der Waals surface area contributed by atoms with E-state index >= 15 is 0 Å². The maximum Gasteiger partial charge on any atom is 0.228 e. The third-order valence-corrected chi connectivity index (χ3v) is 5.81. The van der Waals surface area contributed by atoms with Gasteiger partial charge in [-0.25, -0.2) is 15.0 Å². The Hall–Kier alpha value is -2.80. The molecule has 6 nitrogen and oxygen atoms in total. The third-order valence-electron chi connectivity index (χ3n) is 5.00. The van der Waals surface area contributed by atoms with Gasteiger partial charge in [0.2, 0.25) is 11.9 Å². The quantitative estimate of drug-likeness (QED) is 0.691. The van der Waals surface area contributed by atoms with Gasteiger partial charge in [0, 0.05) is 30.9 Å². The minimum atomic E-state index is 0.158. The van der Waals surface area contributed by atoms with Gasteiger partial charge in [-0.15, -0.1) is 11.3 Å². The van der Waals surface area contributed by atoms with Crippen LogP contribution in [0, 0.1) is 5.92 Å². The molecule has 3 aromatic rings. The van der Waals surface area contributed by atoms with Gasteiger partial charge < -0.3 is 10.2 Å². The van der Waals surface area contributed by atoms with Crippen molar-refractivity contribution in [2.75, 3.05) is 18.4 Å². The fraction of sp³-hybridized carbons (Fsp3) is 0.333. The number of amides is 1. The zero-order chi connectivity index (χ0) is 19.2. The highest BCUT2D eigenvalue weighted by atomic mass is 32.1. The molecule has 2 aromatic heterocycles. The minimum absolute atomic E-state index is 0.158. The van der Waals surface area contributed by atoms with Crippen molar-refractivity contribution in [1.29, 1.82) is 0 Å². The first kappa shape index (κ1) is 18.6. The Morgan fingerprint density at radius 1 is 1.11 bits per heavy atom. The van der Waals surface area contributed by atoms with Crippen LogP contribution in [0.15, 0.2) is 54.2 Å². The standard InChI is InChI=1S/C21H23N5OS/c27-19(14-18-15-28-21(24-18)25-20-22-9-4-10-23-20)26-11-7-17(8-12-26)13-16-5-2-1-3-6-16/h1-6,9-10,15,17H,7-8,11-14H2,(H,22,23,24,25). The maximum absolute atomic E-state index is 12.6. The van der Waals surface area contributed by atoms with Crippen LogP contribution in [0.2, 0.25) is 0 Å². The second-order valence-corrected chi connectivity index (χ2v) is 7.89. The van der Waals surface area contributed by atoms with E-state index in [0.717, 1.165) is 38.0 Å². The Kier molecular flexibility index (Phi) is 5.92. The summed E-state index contributed by atoms with van der Waals surface area (Å²) in [5.41, 5.74) is 2.18. The monoisotopic (exact) mass is 393 g/mol. The highest BCUT2D eigenvalue weighted by molar-refractivity contribution is 7.13. The van der Waals surface area contributed by atoms with E-state index in [-0.39, 0.29) is 5.91 Å². The van der Waals surface area contributed by atoms with E-state index in [1.165, 1.54) is 16.9 Å². The Morgan fingerprint density at radius 2 is 1.86 bits per heavy atom. The third kappa shape index (κ3) is 4.92. The number of rotatable bonds is 6. The molecule has 28 heavy (non-hydrogen) atoms. The molecule has 1 aliphatic heterocycles. The smallest absolute Gasteiger partial charge is 0.228 e. The molecular weight excluding hydrogens is 370 g/mol. The van der Waals surface area contributed by atoms with Gasteiger partial charge in [-0.1, -0.05) is 30.3 Å². The van der Waals surface area contributed by atoms with Crippen molar-refractivity contribution in [1.82, 2.24) is 19.9 Å². The van der Waals surface area contributed by atoms with Crippen molar-refractivity contribution < 1.29 is 4.79 Å². The number of hydrogen-bond donors (Lipinski definition) is 1. The molecule has 144 valence electrons. The zero-order valence-electron chi connectivity index (χ0n) is 15.6. The van der Waals surface area contributed by atoms with Crippen LogP contribution in [0.5, 0.6) is 0 Å². The van der Waals surface area contributed by atoms with Gasteiger partial charge in [0.25, 0.3) is 0 Å². The van der Waals surface area contributed by atoms with Gasteiger partial charge in [-0.2, -0.15) is 0 Å². The molecule has 0 spiro atoms. The first-order chi connectivity index (χ1) is 13.8. The van der Waals surface area contributed by atoms with E-state index in [9.17, 15) is 4.79 Å². The summed E-state index contributed by atoms with van der Waals surface area (Å²) >= 11 is 1.46. The molecule has 0 unspecified atom stereocenters. The molecule has 1 aliphatic rings.